The molecule has 2 heterocycles. The number of rotatable bonds is 18. The van der Waals surface area contributed by atoms with Crippen LogP contribution in [0.1, 0.15) is 89.0 Å². The van der Waals surface area contributed by atoms with Crippen molar-refractivity contribution in [2.45, 2.75) is 119 Å². The fourth-order valence-corrected chi connectivity index (χ4v) is 3.42. The fraction of sp³-hybridized carbons (Fsp3) is 0.903. The highest BCUT2D eigenvalue weighted by Crippen LogP contribution is 2.22. The van der Waals surface area contributed by atoms with Gasteiger partial charge in [-0.25, -0.2) is 9.59 Å². The first kappa shape index (κ1) is 46.2. The molecular formula is C31H62O13. The molecule has 2 saturated heterocycles. The Morgan fingerprint density at radius 1 is 0.864 bits per heavy atom. The number of hydrogen-bond donors (Lipinski definition) is 1. The van der Waals surface area contributed by atoms with Crippen LogP contribution in [-0.4, -0.2) is 113 Å². The number of carbonyl (C=O) groups is 3. The van der Waals surface area contributed by atoms with Gasteiger partial charge in [-0.2, -0.15) is 0 Å². The topological polar surface area (TPSA) is 155 Å². The van der Waals surface area contributed by atoms with Crippen LogP contribution in [0.25, 0.3) is 0 Å². The summed E-state index contributed by atoms with van der Waals surface area (Å²) in [7, 11) is 1.55. The van der Waals surface area contributed by atoms with Crippen molar-refractivity contribution < 1.29 is 62.1 Å². The lowest BCUT2D eigenvalue weighted by molar-refractivity contribution is -0.159. The summed E-state index contributed by atoms with van der Waals surface area (Å²) in [4.78, 5) is 31.3. The molecule has 44 heavy (non-hydrogen) atoms. The first-order valence-corrected chi connectivity index (χ1v) is 15.7. The van der Waals surface area contributed by atoms with Gasteiger partial charge in [0.2, 0.25) is 0 Å². The smallest absolute Gasteiger partial charge is 0.465 e. The highest BCUT2D eigenvalue weighted by atomic mass is 16.8. The van der Waals surface area contributed by atoms with Crippen molar-refractivity contribution in [1.82, 2.24) is 0 Å². The first-order valence-electron chi connectivity index (χ1n) is 15.7. The van der Waals surface area contributed by atoms with Crippen LogP contribution in [0.15, 0.2) is 0 Å². The third kappa shape index (κ3) is 21.5. The maximum absolute atomic E-state index is 11.0. The minimum atomic E-state index is -0.891. The maximum atomic E-state index is 11.0. The predicted octanol–water partition coefficient (Wildman–Crippen LogP) is 5.33. The summed E-state index contributed by atoms with van der Waals surface area (Å²) in [5, 5.41) is 10.5. The van der Waals surface area contributed by atoms with Crippen LogP contribution in [0.2, 0.25) is 0 Å². The van der Waals surface area contributed by atoms with E-state index in [1.165, 1.54) is 0 Å². The molecule has 0 radical (unpaired) electrons. The van der Waals surface area contributed by atoms with E-state index >= 15 is 0 Å². The Kier molecular flexibility index (Phi) is 29.7. The summed E-state index contributed by atoms with van der Waals surface area (Å²) in [6, 6.07) is 0. The Balaban J connectivity index is -0.00000119. The number of cyclic esters (lactones) is 4. The lowest BCUT2D eigenvalue weighted by Crippen LogP contribution is -2.45. The number of aliphatic hydroxyl groups excluding tert-OH is 1. The zero-order valence-corrected chi connectivity index (χ0v) is 29.3. The molecule has 0 spiro atoms. The summed E-state index contributed by atoms with van der Waals surface area (Å²) in [6.45, 7) is 23.9. The zero-order valence-electron chi connectivity index (χ0n) is 29.3. The molecule has 0 bridgehead atoms. The standard InChI is InChI=1S/C22H40O10.C3H4O3.3C2H6/c1-7-8-16(10-30-22(4,5)19(26-6)14-28-15-23)9-27-13-18(24)21(2,3)31-12-17-11-29-20(25)32-17;4-3-5-1-2-6-3;3*1-2/h15-19,24H,7-14H2,1-6H3;1-2H2;3*1-2H3. The highest BCUT2D eigenvalue weighted by molar-refractivity contribution is 5.61. The van der Waals surface area contributed by atoms with E-state index in [9.17, 15) is 19.5 Å². The van der Waals surface area contributed by atoms with Gasteiger partial charge >= 0.3 is 12.3 Å². The van der Waals surface area contributed by atoms with Crippen LogP contribution in [-0.2, 0) is 47.4 Å². The van der Waals surface area contributed by atoms with Gasteiger partial charge in [0.15, 0.2) is 6.10 Å². The summed E-state index contributed by atoms with van der Waals surface area (Å²) in [5.74, 6) is 0.120. The van der Waals surface area contributed by atoms with Crippen LogP contribution in [0, 0.1) is 5.92 Å². The van der Waals surface area contributed by atoms with Crippen LogP contribution in [0.4, 0.5) is 9.59 Å². The second kappa shape index (κ2) is 28.3. The van der Waals surface area contributed by atoms with Crippen LogP contribution < -0.4 is 0 Å². The third-order valence-corrected chi connectivity index (χ3v) is 6.01. The van der Waals surface area contributed by atoms with Crippen molar-refractivity contribution in [3.63, 3.8) is 0 Å². The molecule has 0 aromatic carbocycles. The minimum absolute atomic E-state index is 0.0887. The molecule has 0 aromatic rings. The van der Waals surface area contributed by atoms with E-state index < -0.39 is 41.8 Å². The van der Waals surface area contributed by atoms with Gasteiger partial charge in [-0.15, -0.1) is 0 Å². The molecular weight excluding hydrogens is 580 g/mol. The van der Waals surface area contributed by atoms with Gasteiger partial charge < -0.3 is 47.7 Å². The lowest BCUT2D eigenvalue weighted by atomic mass is 10.0. The molecule has 4 atom stereocenters. The molecule has 13 heteroatoms. The first-order chi connectivity index (χ1) is 20.9. The fourth-order valence-electron chi connectivity index (χ4n) is 3.42. The highest BCUT2D eigenvalue weighted by Gasteiger charge is 2.34. The second-order valence-electron chi connectivity index (χ2n) is 9.94. The average Bonchev–Trinajstić information content (AvgIpc) is 3.68. The number of methoxy groups -OCH3 is 1. The largest absolute Gasteiger partial charge is 0.508 e. The summed E-state index contributed by atoms with van der Waals surface area (Å²) in [6.07, 6.45) is -1.16. The maximum Gasteiger partial charge on any atom is 0.508 e. The molecule has 1 N–H and O–H groups in total. The van der Waals surface area contributed by atoms with E-state index in [4.69, 9.17) is 33.2 Å². The minimum Gasteiger partial charge on any atom is -0.465 e. The lowest BCUT2D eigenvalue weighted by Gasteiger charge is -2.34. The summed E-state index contributed by atoms with van der Waals surface area (Å²) < 4.78 is 46.1. The Labute approximate surface area is 265 Å². The molecule has 2 aliphatic rings. The van der Waals surface area contributed by atoms with Crippen LogP contribution >= 0.6 is 0 Å². The Hall–Kier alpha value is -2.19. The molecule has 2 rings (SSSR count). The third-order valence-electron chi connectivity index (χ3n) is 6.01. The van der Waals surface area contributed by atoms with E-state index in [0.29, 0.717) is 32.9 Å². The van der Waals surface area contributed by atoms with E-state index in [0.717, 1.165) is 12.8 Å². The van der Waals surface area contributed by atoms with Gasteiger partial charge in [0.25, 0.3) is 6.47 Å². The van der Waals surface area contributed by atoms with Crippen molar-refractivity contribution in [2.24, 2.45) is 5.92 Å². The number of hydrogen-bond acceptors (Lipinski definition) is 13. The molecule has 2 aliphatic heterocycles. The van der Waals surface area contributed by atoms with Crippen molar-refractivity contribution >= 4 is 18.8 Å². The Bertz CT molecular complexity index is 692. The zero-order chi connectivity index (χ0) is 34.6. The molecule has 0 aliphatic carbocycles. The van der Waals surface area contributed by atoms with Gasteiger partial charge in [0.1, 0.15) is 38.6 Å². The molecule has 13 nitrogen and oxygen atoms in total. The average molecular weight is 643 g/mol. The second-order valence-corrected chi connectivity index (χ2v) is 9.94. The van der Waals surface area contributed by atoms with E-state index in [1.54, 1.807) is 21.0 Å². The van der Waals surface area contributed by atoms with Crippen molar-refractivity contribution in [3.8, 4) is 0 Å². The summed E-state index contributed by atoms with van der Waals surface area (Å²) >= 11 is 0. The Morgan fingerprint density at radius 3 is 1.89 bits per heavy atom. The quantitative estimate of drug-likeness (QED) is 0.116. The number of carbonyl (C=O) groups excluding carboxylic acids is 3. The van der Waals surface area contributed by atoms with Gasteiger partial charge in [0.05, 0.1) is 37.6 Å². The van der Waals surface area contributed by atoms with Gasteiger partial charge in [-0.3, -0.25) is 4.79 Å². The molecule has 0 aromatic heterocycles. The van der Waals surface area contributed by atoms with Crippen LogP contribution in [0.3, 0.4) is 0 Å². The van der Waals surface area contributed by atoms with Gasteiger partial charge in [-0.05, 0) is 34.1 Å². The molecule has 0 saturated carbocycles. The number of ether oxygens (including phenoxy) is 9. The van der Waals surface area contributed by atoms with E-state index in [-0.39, 0.29) is 32.3 Å². The van der Waals surface area contributed by atoms with Crippen molar-refractivity contribution in [1.29, 1.82) is 0 Å². The van der Waals surface area contributed by atoms with Crippen molar-refractivity contribution in [2.75, 3.05) is 60.0 Å². The van der Waals surface area contributed by atoms with Gasteiger partial charge in [-0.1, -0.05) is 54.9 Å². The van der Waals surface area contributed by atoms with E-state index in [2.05, 4.69) is 16.4 Å². The number of aliphatic hydroxyl groups is 1. The predicted molar refractivity (Wildman–Crippen MR) is 166 cm³/mol. The monoisotopic (exact) mass is 642 g/mol. The van der Waals surface area contributed by atoms with Gasteiger partial charge in [0, 0.05) is 13.0 Å². The molecule has 2 fully saturated rings. The Morgan fingerprint density at radius 2 is 1.45 bits per heavy atom. The molecule has 264 valence electrons. The van der Waals surface area contributed by atoms with E-state index in [1.807, 2.05) is 55.4 Å². The normalized spacial score (nSPS) is 17.4. The summed E-state index contributed by atoms with van der Waals surface area (Å²) in [5.41, 5.74) is -1.55. The van der Waals surface area contributed by atoms with Crippen molar-refractivity contribution in [3.05, 3.63) is 0 Å². The molecule has 0 amide bonds. The van der Waals surface area contributed by atoms with Crippen LogP contribution in [0.5, 0.6) is 0 Å². The molecule has 4 unspecified atom stereocenters. The SMILES string of the molecule is CC.CC.CC.CCCC(COCC(O)C(C)(C)OCC1COC(=O)O1)COC(C)(C)C(COC=O)OC.O=C1OCCO1.